The van der Waals surface area contributed by atoms with Gasteiger partial charge in [0.15, 0.2) is 0 Å². The lowest BCUT2D eigenvalue weighted by Gasteiger charge is -2.43. The van der Waals surface area contributed by atoms with Gasteiger partial charge in [0, 0.05) is 17.5 Å². The van der Waals surface area contributed by atoms with Crippen molar-refractivity contribution < 1.29 is 9.50 Å². The first-order valence-corrected chi connectivity index (χ1v) is 7.13. The highest BCUT2D eigenvalue weighted by molar-refractivity contribution is 6.30. The van der Waals surface area contributed by atoms with Gasteiger partial charge in [0.05, 0.1) is 5.60 Å². The number of nitrogens with zero attached hydrogens (tertiary/aromatic N) is 1. The maximum Gasteiger partial charge on any atom is 0.126 e. The first-order chi connectivity index (χ1) is 8.92. The highest BCUT2D eigenvalue weighted by atomic mass is 35.5. The number of halogens is 2. The minimum atomic E-state index is -0.868. The molecule has 0 unspecified atom stereocenters. The predicted molar refractivity (Wildman–Crippen MR) is 76.0 cm³/mol. The molecule has 1 aromatic rings. The maximum absolute atomic E-state index is 13.8. The fraction of sp³-hybridized carbons (Fsp3) is 0.600. The summed E-state index contributed by atoms with van der Waals surface area (Å²) in [5, 5.41) is 11.4. The van der Waals surface area contributed by atoms with Crippen molar-refractivity contribution in [2.75, 3.05) is 14.1 Å². The molecule has 0 aromatic heterocycles. The maximum atomic E-state index is 13.8. The van der Waals surface area contributed by atoms with E-state index in [1.165, 1.54) is 12.1 Å². The number of rotatable bonds is 3. The summed E-state index contributed by atoms with van der Waals surface area (Å²) >= 11 is 5.92. The number of hydrogen-bond donors (Lipinski definition) is 1. The average molecular weight is 286 g/mol. The standard InChI is InChI=1S/C15H21ClFNO/c1-18(2)14-5-3-4-8-15(14,19)10-11-9-12(16)6-7-13(11)17/h6-7,9,14,19H,3-5,8,10H2,1-2H3/t14-,15+/m1/s1. The van der Waals surface area contributed by atoms with E-state index < -0.39 is 5.60 Å². The highest BCUT2D eigenvalue weighted by Crippen LogP contribution is 2.35. The molecule has 1 fully saturated rings. The van der Waals surface area contributed by atoms with Gasteiger partial charge in [-0.25, -0.2) is 4.39 Å². The molecule has 0 bridgehead atoms. The number of aliphatic hydroxyl groups is 1. The zero-order chi connectivity index (χ0) is 14.0. The van der Waals surface area contributed by atoms with Crippen molar-refractivity contribution in [1.82, 2.24) is 4.90 Å². The van der Waals surface area contributed by atoms with Gasteiger partial charge in [0.25, 0.3) is 0 Å². The van der Waals surface area contributed by atoms with E-state index in [0.29, 0.717) is 23.4 Å². The van der Waals surface area contributed by atoms with Crippen LogP contribution < -0.4 is 0 Å². The van der Waals surface area contributed by atoms with Crippen LogP contribution in [0.25, 0.3) is 0 Å². The van der Waals surface area contributed by atoms with Crippen LogP contribution in [-0.2, 0) is 6.42 Å². The van der Waals surface area contributed by atoms with Gasteiger partial charge >= 0.3 is 0 Å². The Morgan fingerprint density at radius 2 is 2.16 bits per heavy atom. The zero-order valence-electron chi connectivity index (χ0n) is 11.5. The van der Waals surface area contributed by atoms with Gasteiger partial charge in [0.2, 0.25) is 0 Å². The zero-order valence-corrected chi connectivity index (χ0v) is 12.3. The van der Waals surface area contributed by atoms with Crippen LogP contribution in [0.1, 0.15) is 31.2 Å². The summed E-state index contributed by atoms with van der Waals surface area (Å²) in [6.45, 7) is 0. The molecule has 1 N–H and O–H groups in total. The van der Waals surface area contributed by atoms with Crippen LogP contribution >= 0.6 is 11.6 Å². The quantitative estimate of drug-likeness (QED) is 0.921. The molecule has 1 aromatic carbocycles. The van der Waals surface area contributed by atoms with E-state index in [-0.39, 0.29) is 11.9 Å². The molecule has 0 saturated heterocycles. The summed E-state index contributed by atoms with van der Waals surface area (Å²) in [7, 11) is 3.94. The fourth-order valence-electron chi connectivity index (χ4n) is 3.16. The summed E-state index contributed by atoms with van der Waals surface area (Å²) in [6.07, 6.45) is 4.09. The monoisotopic (exact) mass is 285 g/mol. The van der Waals surface area contributed by atoms with Gasteiger partial charge in [-0.3, -0.25) is 0 Å². The SMILES string of the molecule is CN(C)[C@@H]1CCCC[C@]1(O)Cc1cc(Cl)ccc1F. The molecule has 2 atom stereocenters. The van der Waals surface area contributed by atoms with E-state index >= 15 is 0 Å². The van der Waals surface area contributed by atoms with Gasteiger partial charge in [-0.05, 0) is 50.7 Å². The second kappa shape index (κ2) is 5.78. The van der Waals surface area contributed by atoms with Gasteiger partial charge in [-0.2, -0.15) is 0 Å². The molecule has 0 heterocycles. The Bertz CT molecular complexity index is 452. The van der Waals surface area contributed by atoms with Gasteiger partial charge in [-0.15, -0.1) is 0 Å². The summed E-state index contributed by atoms with van der Waals surface area (Å²) < 4.78 is 13.8. The Hall–Kier alpha value is -0.640. The van der Waals surface area contributed by atoms with E-state index in [2.05, 4.69) is 0 Å². The summed E-state index contributed by atoms with van der Waals surface area (Å²) in [4.78, 5) is 2.04. The topological polar surface area (TPSA) is 23.5 Å². The number of likely N-dealkylation sites (N-methyl/N-ethyl adjacent to an activating group) is 1. The molecule has 0 amide bonds. The van der Waals surface area contributed by atoms with Gasteiger partial charge < -0.3 is 10.0 Å². The van der Waals surface area contributed by atoms with Gasteiger partial charge in [0.1, 0.15) is 5.82 Å². The predicted octanol–water partition coefficient (Wildman–Crippen LogP) is 3.26. The molecule has 0 spiro atoms. The normalized spacial score (nSPS) is 27.8. The van der Waals surface area contributed by atoms with Crippen LogP contribution in [0.4, 0.5) is 4.39 Å². The van der Waals surface area contributed by atoms with Crippen molar-refractivity contribution >= 4 is 11.6 Å². The minimum absolute atomic E-state index is 0.0691. The third-order valence-electron chi connectivity index (χ3n) is 4.09. The largest absolute Gasteiger partial charge is 0.388 e. The third-order valence-corrected chi connectivity index (χ3v) is 4.32. The number of benzene rings is 1. The van der Waals surface area contributed by atoms with Crippen molar-refractivity contribution in [3.05, 3.63) is 34.6 Å². The summed E-state index contributed by atoms with van der Waals surface area (Å²) in [6, 6.07) is 4.60. The first kappa shape index (κ1) is 14.8. The second-order valence-electron chi connectivity index (χ2n) is 5.74. The van der Waals surface area contributed by atoms with E-state index in [9.17, 15) is 9.50 Å². The van der Waals surface area contributed by atoms with Crippen LogP contribution in [0.15, 0.2) is 18.2 Å². The molecule has 1 saturated carbocycles. The van der Waals surface area contributed by atoms with Crippen LogP contribution in [-0.4, -0.2) is 35.7 Å². The van der Waals surface area contributed by atoms with Crippen molar-refractivity contribution in [3.8, 4) is 0 Å². The molecule has 1 aliphatic carbocycles. The van der Waals surface area contributed by atoms with Crippen LogP contribution in [0, 0.1) is 5.82 Å². The Morgan fingerprint density at radius 1 is 1.42 bits per heavy atom. The molecule has 0 aliphatic heterocycles. The average Bonchev–Trinajstić information content (AvgIpc) is 2.33. The van der Waals surface area contributed by atoms with E-state index in [4.69, 9.17) is 11.6 Å². The van der Waals surface area contributed by atoms with Crippen molar-refractivity contribution in [2.45, 2.75) is 43.7 Å². The Morgan fingerprint density at radius 3 is 2.84 bits per heavy atom. The van der Waals surface area contributed by atoms with E-state index in [1.807, 2.05) is 19.0 Å². The smallest absolute Gasteiger partial charge is 0.126 e. The molecule has 1 aliphatic rings. The summed E-state index contributed by atoms with van der Waals surface area (Å²) in [5.41, 5.74) is -0.364. The summed E-state index contributed by atoms with van der Waals surface area (Å²) in [5.74, 6) is -0.291. The van der Waals surface area contributed by atoms with Crippen molar-refractivity contribution in [2.24, 2.45) is 0 Å². The Balaban J connectivity index is 2.25. The molecular weight excluding hydrogens is 265 g/mol. The Kier molecular flexibility index (Phi) is 4.49. The first-order valence-electron chi connectivity index (χ1n) is 6.75. The van der Waals surface area contributed by atoms with Crippen LogP contribution in [0.5, 0.6) is 0 Å². The second-order valence-corrected chi connectivity index (χ2v) is 6.18. The fourth-order valence-corrected chi connectivity index (χ4v) is 3.35. The van der Waals surface area contributed by atoms with E-state index in [1.54, 1.807) is 6.07 Å². The molecule has 0 radical (unpaired) electrons. The molecule has 19 heavy (non-hydrogen) atoms. The molecule has 106 valence electrons. The molecule has 4 heteroatoms. The molecule has 2 nitrogen and oxygen atoms in total. The molecular formula is C15H21ClFNO. The lowest BCUT2D eigenvalue weighted by atomic mass is 9.76. The van der Waals surface area contributed by atoms with Gasteiger partial charge in [-0.1, -0.05) is 24.4 Å². The van der Waals surface area contributed by atoms with Crippen molar-refractivity contribution in [1.29, 1.82) is 0 Å². The van der Waals surface area contributed by atoms with Crippen LogP contribution in [0.2, 0.25) is 5.02 Å². The minimum Gasteiger partial charge on any atom is -0.388 e. The number of hydrogen-bond acceptors (Lipinski definition) is 2. The van der Waals surface area contributed by atoms with Crippen molar-refractivity contribution in [3.63, 3.8) is 0 Å². The molecule has 2 rings (SSSR count). The van der Waals surface area contributed by atoms with Crippen LogP contribution in [0.3, 0.4) is 0 Å². The van der Waals surface area contributed by atoms with E-state index in [0.717, 1.165) is 19.3 Å². The Labute approximate surface area is 119 Å². The third kappa shape index (κ3) is 3.28. The highest BCUT2D eigenvalue weighted by Gasteiger charge is 2.40. The lowest BCUT2D eigenvalue weighted by Crippen LogP contribution is -2.53. The lowest BCUT2D eigenvalue weighted by molar-refractivity contribution is -0.0603.